The second-order valence-corrected chi connectivity index (χ2v) is 7.24. The molecule has 1 amide bonds. The summed E-state index contributed by atoms with van der Waals surface area (Å²) >= 11 is 0. The predicted octanol–water partition coefficient (Wildman–Crippen LogP) is 3.27. The lowest BCUT2D eigenvalue weighted by Crippen LogP contribution is -2.49. The molecule has 1 unspecified atom stereocenters. The minimum atomic E-state index is -0.0433. The van der Waals surface area contributed by atoms with Gasteiger partial charge in [-0.3, -0.25) is 4.79 Å². The van der Waals surface area contributed by atoms with Gasteiger partial charge in [0.05, 0.1) is 12.4 Å². The number of nitrogens with zero attached hydrogens (tertiary/aromatic N) is 4. The summed E-state index contributed by atoms with van der Waals surface area (Å²) in [6.45, 7) is 11.6. The first kappa shape index (κ1) is 19.1. The van der Waals surface area contributed by atoms with E-state index in [1.54, 1.807) is 12.4 Å². The number of hydrogen-bond donors (Lipinski definition) is 1. The molecule has 1 saturated heterocycles. The van der Waals surface area contributed by atoms with Gasteiger partial charge in [0.25, 0.3) is 5.91 Å². The Hall–Kier alpha value is -2.63. The number of nitrogens with one attached hydrogen (secondary N) is 1. The molecule has 6 heteroatoms. The third kappa shape index (κ3) is 4.38. The molecule has 0 saturated carbocycles. The lowest BCUT2D eigenvalue weighted by Gasteiger charge is -2.36. The molecule has 1 atom stereocenters. The highest BCUT2D eigenvalue weighted by Gasteiger charge is 2.24. The van der Waals surface area contributed by atoms with Crippen molar-refractivity contribution in [2.75, 3.05) is 36.4 Å². The van der Waals surface area contributed by atoms with E-state index in [-0.39, 0.29) is 5.91 Å². The van der Waals surface area contributed by atoms with Crippen molar-refractivity contribution in [3.05, 3.63) is 47.4 Å². The van der Waals surface area contributed by atoms with Crippen LogP contribution in [0.4, 0.5) is 11.5 Å². The maximum Gasteiger partial charge on any atom is 0.274 e. The second kappa shape index (κ2) is 8.37. The first-order valence-electron chi connectivity index (χ1n) is 9.68. The predicted molar refractivity (Wildman–Crippen MR) is 109 cm³/mol. The van der Waals surface area contributed by atoms with Crippen LogP contribution in [-0.4, -0.2) is 53.0 Å². The maximum absolute atomic E-state index is 12.7. The summed E-state index contributed by atoms with van der Waals surface area (Å²) in [5.74, 6) is 0.666. The molecular formula is C21H29N5O. The standard InChI is InChI=1S/C21H29N5O/c1-5-16(3)24-20-14-22-18(13-23-20)21(27)26-11-9-25(10-12-26)19-8-6-7-15(2)17(19)4/h6-8,13-14,16H,5,9-12H2,1-4H3,(H,23,24). The number of carbonyl (C=O) groups excluding carboxylic acids is 1. The van der Waals surface area contributed by atoms with E-state index in [0.29, 0.717) is 30.6 Å². The molecule has 1 aromatic carbocycles. The summed E-state index contributed by atoms with van der Waals surface area (Å²) in [5.41, 5.74) is 4.28. The molecule has 0 spiro atoms. The van der Waals surface area contributed by atoms with Crippen LogP contribution in [0.2, 0.25) is 0 Å². The van der Waals surface area contributed by atoms with Gasteiger partial charge < -0.3 is 15.1 Å². The third-order valence-electron chi connectivity index (χ3n) is 5.36. The molecule has 27 heavy (non-hydrogen) atoms. The summed E-state index contributed by atoms with van der Waals surface area (Å²) in [7, 11) is 0. The van der Waals surface area contributed by atoms with Crippen LogP contribution >= 0.6 is 0 Å². The van der Waals surface area contributed by atoms with E-state index in [4.69, 9.17) is 0 Å². The Morgan fingerprint density at radius 1 is 1.15 bits per heavy atom. The number of aryl methyl sites for hydroxylation is 1. The van der Waals surface area contributed by atoms with Gasteiger partial charge in [-0.2, -0.15) is 0 Å². The molecule has 144 valence electrons. The van der Waals surface area contributed by atoms with Crippen LogP contribution in [0.3, 0.4) is 0 Å². The monoisotopic (exact) mass is 367 g/mol. The van der Waals surface area contributed by atoms with E-state index >= 15 is 0 Å². The van der Waals surface area contributed by atoms with Gasteiger partial charge in [-0.25, -0.2) is 9.97 Å². The quantitative estimate of drug-likeness (QED) is 0.879. The molecule has 2 heterocycles. The fourth-order valence-electron chi connectivity index (χ4n) is 3.26. The number of benzene rings is 1. The van der Waals surface area contributed by atoms with Crippen molar-refractivity contribution in [1.29, 1.82) is 0 Å². The molecule has 0 radical (unpaired) electrons. The summed E-state index contributed by atoms with van der Waals surface area (Å²) in [4.78, 5) is 25.6. The second-order valence-electron chi connectivity index (χ2n) is 7.24. The van der Waals surface area contributed by atoms with Crippen molar-refractivity contribution in [2.24, 2.45) is 0 Å². The molecule has 0 aliphatic carbocycles. The van der Waals surface area contributed by atoms with Crippen molar-refractivity contribution in [1.82, 2.24) is 14.9 Å². The average molecular weight is 367 g/mol. The zero-order chi connectivity index (χ0) is 19.4. The third-order valence-corrected chi connectivity index (χ3v) is 5.36. The minimum Gasteiger partial charge on any atom is -0.368 e. The van der Waals surface area contributed by atoms with Crippen molar-refractivity contribution in [3.63, 3.8) is 0 Å². The number of aromatic nitrogens is 2. The van der Waals surface area contributed by atoms with Crippen LogP contribution in [0.25, 0.3) is 0 Å². The molecule has 1 fully saturated rings. The lowest BCUT2D eigenvalue weighted by atomic mass is 10.1. The van der Waals surface area contributed by atoms with E-state index in [0.717, 1.165) is 19.5 Å². The highest BCUT2D eigenvalue weighted by atomic mass is 16.2. The smallest absolute Gasteiger partial charge is 0.274 e. The van der Waals surface area contributed by atoms with Gasteiger partial charge in [-0.1, -0.05) is 19.1 Å². The number of hydrogen-bond acceptors (Lipinski definition) is 5. The van der Waals surface area contributed by atoms with Crippen molar-refractivity contribution in [2.45, 2.75) is 40.2 Å². The molecule has 2 aromatic rings. The number of piperazine rings is 1. The van der Waals surface area contributed by atoms with Crippen LogP contribution in [0.5, 0.6) is 0 Å². The Morgan fingerprint density at radius 3 is 2.52 bits per heavy atom. The number of carbonyl (C=O) groups is 1. The van der Waals surface area contributed by atoms with Gasteiger partial charge in [-0.15, -0.1) is 0 Å². The molecule has 1 N–H and O–H groups in total. The lowest BCUT2D eigenvalue weighted by molar-refractivity contribution is 0.0740. The molecule has 6 nitrogen and oxygen atoms in total. The maximum atomic E-state index is 12.7. The molecule has 1 aliphatic rings. The Labute approximate surface area is 161 Å². The zero-order valence-corrected chi connectivity index (χ0v) is 16.7. The summed E-state index contributed by atoms with van der Waals surface area (Å²) < 4.78 is 0. The Morgan fingerprint density at radius 2 is 1.89 bits per heavy atom. The van der Waals surface area contributed by atoms with Crippen molar-refractivity contribution < 1.29 is 4.79 Å². The molecular weight excluding hydrogens is 338 g/mol. The Kier molecular flexibility index (Phi) is 5.94. The summed E-state index contributed by atoms with van der Waals surface area (Å²) in [5, 5.41) is 3.27. The van der Waals surface area contributed by atoms with Gasteiger partial charge in [0.15, 0.2) is 0 Å². The zero-order valence-electron chi connectivity index (χ0n) is 16.7. The first-order valence-corrected chi connectivity index (χ1v) is 9.68. The van der Waals surface area contributed by atoms with Crippen LogP contribution in [0.15, 0.2) is 30.6 Å². The first-order chi connectivity index (χ1) is 13.0. The van der Waals surface area contributed by atoms with Gasteiger partial charge in [0, 0.05) is 37.9 Å². The SMILES string of the molecule is CCC(C)Nc1cnc(C(=O)N2CCN(c3cccc(C)c3C)CC2)cn1. The number of anilines is 2. The minimum absolute atomic E-state index is 0.0433. The van der Waals surface area contributed by atoms with E-state index in [9.17, 15) is 4.79 Å². The number of amides is 1. The highest BCUT2D eigenvalue weighted by molar-refractivity contribution is 5.92. The van der Waals surface area contributed by atoms with Crippen molar-refractivity contribution >= 4 is 17.4 Å². The van der Waals surface area contributed by atoms with E-state index in [1.807, 2.05) is 4.90 Å². The molecule has 3 rings (SSSR count). The van der Waals surface area contributed by atoms with E-state index in [1.165, 1.54) is 16.8 Å². The summed E-state index contributed by atoms with van der Waals surface area (Å²) in [6, 6.07) is 6.73. The molecule has 1 aliphatic heterocycles. The topological polar surface area (TPSA) is 61.4 Å². The van der Waals surface area contributed by atoms with Gasteiger partial charge in [0.2, 0.25) is 0 Å². The fraction of sp³-hybridized carbons (Fsp3) is 0.476. The van der Waals surface area contributed by atoms with E-state index < -0.39 is 0 Å². The van der Waals surface area contributed by atoms with Gasteiger partial charge >= 0.3 is 0 Å². The summed E-state index contributed by atoms with van der Waals surface area (Å²) in [6.07, 6.45) is 4.23. The van der Waals surface area contributed by atoms with Crippen LogP contribution in [0.1, 0.15) is 41.9 Å². The average Bonchev–Trinajstić information content (AvgIpc) is 2.70. The van der Waals surface area contributed by atoms with Crippen LogP contribution < -0.4 is 10.2 Å². The number of rotatable bonds is 5. The van der Waals surface area contributed by atoms with Gasteiger partial charge in [-0.05, 0) is 44.4 Å². The Bertz CT molecular complexity index is 782. The van der Waals surface area contributed by atoms with Crippen LogP contribution in [-0.2, 0) is 0 Å². The van der Waals surface area contributed by atoms with Gasteiger partial charge in [0.1, 0.15) is 11.5 Å². The van der Waals surface area contributed by atoms with Crippen LogP contribution in [0, 0.1) is 13.8 Å². The Balaban J connectivity index is 1.60. The van der Waals surface area contributed by atoms with E-state index in [2.05, 4.69) is 66.1 Å². The normalized spacial score (nSPS) is 15.6. The molecule has 0 bridgehead atoms. The highest BCUT2D eigenvalue weighted by Crippen LogP contribution is 2.24. The molecule has 1 aromatic heterocycles. The van der Waals surface area contributed by atoms with Crippen molar-refractivity contribution in [3.8, 4) is 0 Å². The largest absolute Gasteiger partial charge is 0.368 e. The fourth-order valence-corrected chi connectivity index (χ4v) is 3.26.